The fraction of sp³-hybridized carbons (Fsp3) is 0.143. The maximum Gasteiger partial charge on any atom is 0.339 e. The molecule has 3 rings (SSSR count). The van der Waals surface area contributed by atoms with Gasteiger partial charge in [0, 0.05) is 12.3 Å². The van der Waals surface area contributed by atoms with Crippen molar-refractivity contribution in [3.05, 3.63) is 58.6 Å². The van der Waals surface area contributed by atoms with Gasteiger partial charge in [0.05, 0.1) is 37.5 Å². The van der Waals surface area contributed by atoms with E-state index in [1.54, 1.807) is 18.2 Å². The number of hydrogen-bond acceptors (Lipinski definition) is 6. The molecule has 7 heteroatoms. The molecule has 0 radical (unpaired) electrons. The third-order valence-electron chi connectivity index (χ3n) is 3.01. The molecule has 3 heterocycles. The summed E-state index contributed by atoms with van der Waals surface area (Å²) in [6.07, 6.45) is 4.27. The lowest BCUT2D eigenvalue weighted by atomic mass is 10.2. The second-order valence-corrected chi connectivity index (χ2v) is 4.34. The van der Waals surface area contributed by atoms with Crippen molar-refractivity contribution >= 4 is 17.1 Å². The topological polar surface area (TPSA) is 87.2 Å². The van der Waals surface area contributed by atoms with Gasteiger partial charge in [0.25, 0.3) is 5.56 Å². The predicted octanol–water partition coefficient (Wildman–Crippen LogP) is 1.22. The first-order chi connectivity index (χ1) is 10.2. The van der Waals surface area contributed by atoms with E-state index in [-0.39, 0.29) is 17.7 Å². The summed E-state index contributed by atoms with van der Waals surface area (Å²) in [7, 11) is 1.31. The molecule has 0 fully saturated rings. The molecule has 7 nitrogen and oxygen atoms in total. The lowest BCUT2D eigenvalue weighted by molar-refractivity contribution is 0.0600. The lowest BCUT2D eigenvalue weighted by Gasteiger charge is -2.05. The molecule has 0 aromatic carbocycles. The van der Waals surface area contributed by atoms with E-state index >= 15 is 0 Å². The first kappa shape index (κ1) is 13.0. The van der Waals surface area contributed by atoms with Crippen LogP contribution in [-0.4, -0.2) is 27.6 Å². The highest BCUT2D eigenvalue weighted by Crippen LogP contribution is 2.08. The van der Waals surface area contributed by atoms with E-state index in [9.17, 15) is 9.59 Å². The number of esters is 1. The van der Waals surface area contributed by atoms with Crippen LogP contribution in [0.2, 0.25) is 0 Å². The number of carbonyl (C=O) groups is 1. The highest BCUT2D eigenvalue weighted by Gasteiger charge is 2.09. The Labute approximate surface area is 118 Å². The van der Waals surface area contributed by atoms with Gasteiger partial charge in [-0.05, 0) is 12.1 Å². The molecular formula is C14H11N3O4. The normalized spacial score (nSPS) is 10.7. The van der Waals surface area contributed by atoms with Crippen LogP contribution >= 0.6 is 0 Å². The molecular weight excluding hydrogens is 274 g/mol. The Balaban J connectivity index is 1.90. The minimum atomic E-state index is -0.454. The molecule has 3 aromatic rings. The van der Waals surface area contributed by atoms with Gasteiger partial charge < -0.3 is 9.15 Å². The molecule has 3 aromatic heterocycles. The number of pyridine rings is 1. The molecule has 0 saturated heterocycles. The van der Waals surface area contributed by atoms with E-state index in [4.69, 9.17) is 4.42 Å². The van der Waals surface area contributed by atoms with Crippen molar-refractivity contribution in [3.8, 4) is 0 Å². The first-order valence-electron chi connectivity index (χ1n) is 6.15. The van der Waals surface area contributed by atoms with Gasteiger partial charge in [-0.2, -0.15) is 0 Å². The minimum absolute atomic E-state index is 0.212. The highest BCUT2D eigenvalue weighted by molar-refractivity contribution is 5.88. The first-order valence-corrected chi connectivity index (χ1v) is 6.15. The Bertz CT molecular complexity index is 849. The quantitative estimate of drug-likeness (QED) is 0.672. The van der Waals surface area contributed by atoms with Gasteiger partial charge in [0.2, 0.25) is 5.58 Å². The zero-order valence-electron chi connectivity index (χ0n) is 11.1. The fourth-order valence-corrected chi connectivity index (χ4v) is 1.92. The molecule has 0 saturated carbocycles. The Morgan fingerprint density at radius 2 is 2.19 bits per heavy atom. The summed E-state index contributed by atoms with van der Waals surface area (Å²) in [5.74, 6) is -0.454. The average Bonchev–Trinajstić information content (AvgIpc) is 2.99. The van der Waals surface area contributed by atoms with Crippen molar-refractivity contribution in [2.75, 3.05) is 7.11 Å². The van der Waals surface area contributed by atoms with Crippen molar-refractivity contribution in [1.29, 1.82) is 0 Å². The largest absolute Gasteiger partial charge is 0.465 e. The maximum atomic E-state index is 12.1. The number of ether oxygens (including phenoxy) is 1. The number of rotatable bonds is 3. The van der Waals surface area contributed by atoms with Gasteiger partial charge in [-0.25, -0.2) is 9.78 Å². The molecule has 0 spiro atoms. The molecule has 0 atom stereocenters. The molecule has 106 valence electrons. The van der Waals surface area contributed by atoms with Crippen LogP contribution in [0.1, 0.15) is 16.1 Å². The van der Waals surface area contributed by atoms with Gasteiger partial charge in [0.15, 0.2) is 0 Å². The van der Waals surface area contributed by atoms with Crippen LogP contribution < -0.4 is 5.56 Å². The Morgan fingerprint density at radius 1 is 1.33 bits per heavy atom. The van der Waals surface area contributed by atoms with Crippen LogP contribution in [0.4, 0.5) is 0 Å². The van der Waals surface area contributed by atoms with Crippen LogP contribution in [0.25, 0.3) is 11.1 Å². The molecule has 0 amide bonds. The van der Waals surface area contributed by atoms with Crippen LogP contribution in [0.5, 0.6) is 0 Å². The molecule has 21 heavy (non-hydrogen) atoms. The minimum Gasteiger partial charge on any atom is -0.465 e. The summed E-state index contributed by atoms with van der Waals surface area (Å²) in [5.41, 5.74) is 1.43. The summed E-state index contributed by atoms with van der Waals surface area (Å²) in [6.45, 7) is 0.240. The second-order valence-electron chi connectivity index (χ2n) is 4.34. The fourth-order valence-electron chi connectivity index (χ4n) is 1.92. The number of hydrogen-bond donors (Lipinski definition) is 0. The highest BCUT2D eigenvalue weighted by atomic mass is 16.5. The van der Waals surface area contributed by atoms with E-state index in [2.05, 4.69) is 14.7 Å². The molecule has 0 aliphatic rings. The van der Waals surface area contributed by atoms with Crippen molar-refractivity contribution in [3.63, 3.8) is 0 Å². The van der Waals surface area contributed by atoms with Crippen LogP contribution in [0.3, 0.4) is 0 Å². The van der Waals surface area contributed by atoms with E-state index in [0.717, 1.165) is 0 Å². The summed E-state index contributed by atoms with van der Waals surface area (Å²) >= 11 is 0. The standard InChI is InChI=1S/C14H11N3O4/c1-20-14(19)9-2-3-10(15-6-9)7-17-8-16-11-4-5-21-12(11)13(17)18/h2-6,8H,7H2,1H3. The van der Waals surface area contributed by atoms with Gasteiger partial charge in [0.1, 0.15) is 5.52 Å². The number of fused-ring (bicyclic) bond motifs is 1. The summed E-state index contributed by atoms with van der Waals surface area (Å²) in [4.78, 5) is 31.7. The lowest BCUT2D eigenvalue weighted by Crippen LogP contribution is -2.21. The van der Waals surface area contributed by atoms with E-state index in [0.29, 0.717) is 16.8 Å². The van der Waals surface area contributed by atoms with Crippen molar-refractivity contribution < 1.29 is 13.9 Å². The monoisotopic (exact) mass is 285 g/mol. The molecule has 0 N–H and O–H groups in total. The van der Waals surface area contributed by atoms with Crippen molar-refractivity contribution in [1.82, 2.24) is 14.5 Å². The van der Waals surface area contributed by atoms with Crippen molar-refractivity contribution in [2.45, 2.75) is 6.54 Å². The van der Waals surface area contributed by atoms with Crippen molar-refractivity contribution in [2.24, 2.45) is 0 Å². The van der Waals surface area contributed by atoms with E-state index in [1.165, 1.54) is 30.5 Å². The number of methoxy groups -OCH3 is 1. The Hall–Kier alpha value is -2.96. The van der Waals surface area contributed by atoms with E-state index < -0.39 is 5.97 Å². The van der Waals surface area contributed by atoms with Crippen LogP contribution in [0.15, 0.2) is 46.2 Å². The number of aromatic nitrogens is 3. The molecule has 0 aliphatic carbocycles. The van der Waals surface area contributed by atoms with Crippen LogP contribution in [-0.2, 0) is 11.3 Å². The van der Waals surface area contributed by atoms with E-state index in [1.807, 2.05) is 0 Å². The average molecular weight is 285 g/mol. The van der Waals surface area contributed by atoms with Gasteiger partial charge in [-0.3, -0.25) is 14.3 Å². The Kier molecular flexibility index (Phi) is 3.23. The third-order valence-corrected chi connectivity index (χ3v) is 3.01. The third kappa shape index (κ3) is 2.40. The number of furan rings is 1. The van der Waals surface area contributed by atoms with Gasteiger partial charge in [-0.15, -0.1) is 0 Å². The summed E-state index contributed by atoms with van der Waals surface area (Å²) in [6, 6.07) is 4.88. The summed E-state index contributed by atoms with van der Waals surface area (Å²) in [5, 5.41) is 0. The number of carbonyl (C=O) groups excluding carboxylic acids is 1. The molecule has 0 aliphatic heterocycles. The SMILES string of the molecule is COC(=O)c1ccc(Cn2cnc3ccoc3c2=O)nc1. The zero-order valence-corrected chi connectivity index (χ0v) is 11.1. The molecule has 0 bridgehead atoms. The predicted molar refractivity (Wildman–Crippen MR) is 72.9 cm³/mol. The van der Waals surface area contributed by atoms with Gasteiger partial charge in [-0.1, -0.05) is 0 Å². The van der Waals surface area contributed by atoms with Gasteiger partial charge >= 0.3 is 5.97 Å². The zero-order chi connectivity index (χ0) is 14.8. The smallest absolute Gasteiger partial charge is 0.339 e. The second kappa shape index (κ2) is 5.20. The summed E-state index contributed by atoms with van der Waals surface area (Å²) < 4.78 is 11.1. The van der Waals surface area contributed by atoms with Crippen LogP contribution in [0, 0.1) is 0 Å². The maximum absolute atomic E-state index is 12.1. The number of nitrogens with zero attached hydrogens (tertiary/aromatic N) is 3. The Morgan fingerprint density at radius 3 is 2.90 bits per heavy atom. The molecule has 0 unspecified atom stereocenters.